The number of rotatable bonds is 3. The van der Waals surface area contributed by atoms with Gasteiger partial charge < -0.3 is 9.67 Å². The van der Waals surface area contributed by atoms with Gasteiger partial charge in [0.05, 0.1) is 6.33 Å². The van der Waals surface area contributed by atoms with Crippen LogP contribution < -0.4 is 0 Å². The second-order valence-electron chi connectivity index (χ2n) is 7.26. The molecule has 0 aliphatic heterocycles. The molecule has 4 aliphatic rings. The molecular weight excluding hydrogens is 252 g/mol. The molecule has 4 heteroatoms. The lowest BCUT2D eigenvalue weighted by molar-refractivity contribution is -0.0554. The normalized spacial score (nSPS) is 40.0. The highest BCUT2D eigenvalue weighted by Gasteiger charge is 2.49. The highest BCUT2D eigenvalue weighted by molar-refractivity contribution is 5.84. The van der Waals surface area contributed by atoms with E-state index in [1.54, 1.807) is 12.5 Å². The quantitative estimate of drug-likeness (QED) is 0.920. The third-order valence-electron chi connectivity index (χ3n) is 6.15. The summed E-state index contributed by atoms with van der Waals surface area (Å²) in [6.07, 6.45) is 10.5. The topological polar surface area (TPSA) is 55.1 Å². The third kappa shape index (κ3) is 1.80. The van der Waals surface area contributed by atoms with Crippen LogP contribution in [0.1, 0.15) is 55.6 Å². The number of imidazole rings is 1. The summed E-state index contributed by atoms with van der Waals surface area (Å²) in [5, 5.41) is 9.02. The molecule has 1 aromatic heterocycles. The van der Waals surface area contributed by atoms with Gasteiger partial charge in [-0.3, -0.25) is 0 Å². The van der Waals surface area contributed by atoms with E-state index in [1.165, 1.54) is 32.1 Å². The van der Waals surface area contributed by atoms with Crippen LogP contribution in [0.25, 0.3) is 0 Å². The molecule has 0 amide bonds. The Morgan fingerprint density at radius 1 is 1.25 bits per heavy atom. The SMILES string of the molecule is CC(C1C2CC3CC(C2)CC1C3)n1cnc(C(=O)O)c1. The molecule has 108 valence electrons. The van der Waals surface area contributed by atoms with E-state index in [0.29, 0.717) is 6.04 Å². The van der Waals surface area contributed by atoms with Gasteiger partial charge in [-0.1, -0.05) is 0 Å². The van der Waals surface area contributed by atoms with Crippen molar-refractivity contribution in [3.8, 4) is 0 Å². The van der Waals surface area contributed by atoms with Gasteiger partial charge in [-0.15, -0.1) is 0 Å². The van der Waals surface area contributed by atoms with E-state index in [-0.39, 0.29) is 5.69 Å². The molecule has 1 heterocycles. The molecule has 4 bridgehead atoms. The van der Waals surface area contributed by atoms with Crippen molar-refractivity contribution in [2.45, 2.75) is 45.1 Å². The summed E-state index contributed by atoms with van der Waals surface area (Å²) in [6.45, 7) is 2.25. The first-order valence-electron chi connectivity index (χ1n) is 7.88. The third-order valence-corrected chi connectivity index (χ3v) is 6.15. The maximum atomic E-state index is 11.0. The van der Waals surface area contributed by atoms with Crippen LogP contribution in [0.3, 0.4) is 0 Å². The average Bonchev–Trinajstić information content (AvgIpc) is 2.86. The van der Waals surface area contributed by atoms with Crippen LogP contribution in [0, 0.1) is 29.6 Å². The zero-order valence-electron chi connectivity index (χ0n) is 11.9. The van der Waals surface area contributed by atoms with Gasteiger partial charge in [-0.2, -0.15) is 0 Å². The van der Waals surface area contributed by atoms with Gasteiger partial charge in [0.15, 0.2) is 5.69 Å². The largest absolute Gasteiger partial charge is 0.476 e. The molecule has 1 aromatic rings. The van der Waals surface area contributed by atoms with E-state index in [9.17, 15) is 4.79 Å². The summed E-state index contributed by atoms with van der Waals surface area (Å²) < 4.78 is 2.04. The first-order valence-corrected chi connectivity index (χ1v) is 7.88. The molecular formula is C16H22N2O2. The van der Waals surface area contributed by atoms with Gasteiger partial charge in [-0.05, 0) is 68.6 Å². The fourth-order valence-electron chi connectivity index (χ4n) is 5.62. The smallest absolute Gasteiger partial charge is 0.356 e. The minimum atomic E-state index is -0.930. The van der Waals surface area contributed by atoms with Crippen molar-refractivity contribution in [2.75, 3.05) is 0 Å². The molecule has 0 radical (unpaired) electrons. The summed E-state index contributed by atoms with van der Waals surface area (Å²) >= 11 is 0. The molecule has 0 aromatic carbocycles. The number of nitrogens with zero attached hydrogens (tertiary/aromatic N) is 2. The first kappa shape index (κ1) is 12.4. The van der Waals surface area contributed by atoms with E-state index in [4.69, 9.17) is 5.11 Å². The fourth-order valence-corrected chi connectivity index (χ4v) is 5.62. The second-order valence-corrected chi connectivity index (χ2v) is 7.26. The number of hydrogen-bond donors (Lipinski definition) is 1. The van der Waals surface area contributed by atoms with E-state index >= 15 is 0 Å². The molecule has 0 saturated heterocycles. The minimum absolute atomic E-state index is 0.167. The number of aromatic nitrogens is 2. The fraction of sp³-hybridized carbons (Fsp3) is 0.750. The molecule has 4 nitrogen and oxygen atoms in total. The number of aromatic carboxylic acids is 1. The molecule has 4 saturated carbocycles. The van der Waals surface area contributed by atoms with Crippen LogP contribution in [-0.4, -0.2) is 20.6 Å². The molecule has 4 aliphatic carbocycles. The van der Waals surface area contributed by atoms with Crippen LogP contribution in [0.15, 0.2) is 12.5 Å². The van der Waals surface area contributed by atoms with Crippen LogP contribution in [0.5, 0.6) is 0 Å². The molecule has 5 rings (SSSR count). The molecule has 1 atom stereocenters. The molecule has 1 unspecified atom stereocenters. The predicted octanol–water partition coefficient (Wildman–Crippen LogP) is 3.21. The summed E-state index contributed by atoms with van der Waals surface area (Å²) in [5.41, 5.74) is 0.167. The standard InChI is InChI=1S/C16H22N2O2/c1-9(18-7-14(16(19)20)17-8-18)15-12-3-10-2-11(5-12)6-13(15)4-10/h7-13,15H,2-6H2,1H3,(H,19,20). The summed E-state index contributed by atoms with van der Waals surface area (Å²) in [5.74, 6) is 3.48. The van der Waals surface area contributed by atoms with E-state index in [0.717, 1.165) is 29.6 Å². The molecule has 4 fully saturated rings. The summed E-state index contributed by atoms with van der Waals surface area (Å²) in [6, 6.07) is 0.380. The van der Waals surface area contributed by atoms with Gasteiger partial charge >= 0.3 is 5.97 Å². The molecule has 1 N–H and O–H groups in total. The van der Waals surface area contributed by atoms with Crippen molar-refractivity contribution in [3.63, 3.8) is 0 Å². The number of carbonyl (C=O) groups is 1. The Bertz CT molecular complexity index is 508. The zero-order valence-corrected chi connectivity index (χ0v) is 11.9. The van der Waals surface area contributed by atoms with Gasteiger partial charge in [0.2, 0.25) is 0 Å². The molecule has 20 heavy (non-hydrogen) atoms. The Morgan fingerprint density at radius 3 is 2.35 bits per heavy atom. The maximum Gasteiger partial charge on any atom is 0.356 e. The maximum absolute atomic E-state index is 11.0. The Labute approximate surface area is 119 Å². The highest BCUT2D eigenvalue weighted by atomic mass is 16.4. The lowest BCUT2D eigenvalue weighted by Gasteiger charge is -2.56. The first-order chi connectivity index (χ1) is 9.61. The van der Waals surface area contributed by atoms with Gasteiger partial charge in [0, 0.05) is 12.2 Å². The van der Waals surface area contributed by atoms with E-state index < -0.39 is 5.97 Å². The Balaban J connectivity index is 1.58. The van der Waals surface area contributed by atoms with Crippen LogP contribution in [0.4, 0.5) is 0 Å². The predicted molar refractivity (Wildman–Crippen MR) is 74.4 cm³/mol. The molecule has 0 spiro atoms. The Hall–Kier alpha value is -1.32. The van der Waals surface area contributed by atoms with Gasteiger partial charge in [0.1, 0.15) is 0 Å². The van der Waals surface area contributed by atoms with Crippen LogP contribution in [0.2, 0.25) is 0 Å². The highest BCUT2D eigenvalue weighted by Crippen LogP contribution is 2.59. The Kier molecular flexibility index (Phi) is 2.69. The van der Waals surface area contributed by atoms with E-state index in [1.807, 2.05) is 4.57 Å². The monoisotopic (exact) mass is 274 g/mol. The lowest BCUT2D eigenvalue weighted by Crippen LogP contribution is -2.47. The van der Waals surface area contributed by atoms with Gasteiger partial charge in [0.25, 0.3) is 0 Å². The summed E-state index contributed by atoms with van der Waals surface area (Å²) in [4.78, 5) is 15.0. The second kappa shape index (κ2) is 4.34. The van der Waals surface area contributed by atoms with Crippen LogP contribution in [-0.2, 0) is 0 Å². The van der Waals surface area contributed by atoms with Crippen molar-refractivity contribution in [2.24, 2.45) is 29.6 Å². The van der Waals surface area contributed by atoms with Gasteiger partial charge in [-0.25, -0.2) is 9.78 Å². The number of hydrogen-bond acceptors (Lipinski definition) is 2. The van der Waals surface area contributed by atoms with Crippen LogP contribution >= 0.6 is 0 Å². The van der Waals surface area contributed by atoms with Crippen molar-refractivity contribution >= 4 is 5.97 Å². The average molecular weight is 274 g/mol. The number of carboxylic acids is 1. The van der Waals surface area contributed by atoms with Crippen molar-refractivity contribution in [3.05, 3.63) is 18.2 Å². The minimum Gasteiger partial charge on any atom is -0.476 e. The van der Waals surface area contributed by atoms with Crippen molar-refractivity contribution in [1.29, 1.82) is 0 Å². The lowest BCUT2D eigenvalue weighted by atomic mass is 9.50. The summed E-state index contributed by atoms with van der Waals surface area (Å²) in [7, 11) is 0. The zero-order chi connectivity index (χ0) is 13.9. The van der Waals surface area contributed by atoms with Crippen molar-refractivity contribution < 1.29 is 9.90 Å². The Morgan fingerprint density at radius 2 is 1.85 bits per heavy atom. The van der Waals surface area contributed by atoms with E-state index in [2.05, 4.69) is 11.9 Å². The number of carboxylic acid groups (broad SMARTS) is 1. The van der Waals surface area contributed by atoms with Crippen molar-refractivity contribution in [1.82, 2.24) is 9.55 Å².